The number of nitro benzene ring substituents is 1. The Morgan fingerprint density at radius 3 is 2.34 bits per heavy atom. The van der Waals surface area contributed by atoms with Crippen molar-refractivity contribution in [2.75, 3.05) is 25.0 Å². The van der Waals surface area contributed by atoms with Crippen molar-refractivity contribution in [2.24, 2.45) is 0 Å². The molecule has 3 rings (SSSR count). The van der Waals surface area contributed by atoms with Gasteiger partial charge in [0, 0.05) is 44.4 Å². The lowest BCUT2D eigenvalue weighted by Gasteiger charge is -2.30. The van der Waals surface area contributed by atoms with Crippen LogP contribution in [0, 0.1) is 10.1 Å². The predicted octanol–water partition coefficient (Wildman–Crippen LogP) is 2.87. The molecule has 0 unspecified atom stereocenters. The summed E-state index contributed by atoms with van der Waals surface area (Å²) in [5.41, 5.74) is 2.29. The van der Waals surface area contributed by atoms with Gasteiger partial charge in [-0.05, 0) is 43.0 Å². The molecule has 1 aliphatic heterocycles. The summed E-state index contributed by atoms with van der Waals surface area (Å²) in [4.78, 5) is 37.3. The summed E-state index contributed by atoms with van der Waals surface area (Å²) in [6.07, 6.45) is 3.22. The highest BCUT2D eigenvalue weighted by atomic mass is 16.6. The highest BCUT2D eigenvalue weighted by molar-refractivity contribution is 6.00. The first-order valence-corrected chi connectivity index (χ1v) is 9.62. The fourth-order valence-electron chi connectivity index (χ4n) is 3.43. The van der Waals surface area contributed by atoms with Gasteiger partial charge in [-0.1, -0.05) is 12.1 Å². The van der Waals surface area contributed by atoms with Gasteiger partial charge in [0.1, 0.15) is 0 Å². The Morgan fingerprint density at radius 1 is 1.03 bits per heavy atom. The van der Waals surface area contributed by atoms with E-state index in [1.54, 1.807) is 37.4 Å². The molecule has 1 fully saturated rings. The maximum Gasteiger partial charge on any atom is 0.270 e. The molecule has 0 spiro atoms. The van der Waals surface area contributed by atoms with E-state index < -0.39 is 4.92 Å². The minimum absolute atomic E-state index is 0.106. The molecule has 2 amide bonds. The van der Waals surface area contributed by atoms with Gasteiger partial charge in [0.2, 0.25) is 0 Å². The number of anilines is 1. The lowest BCUT2D eigenvalue weighted by Crippen LogP contribution is -2.32. The summed E-state index contributed by atoms with van der Waals surface area (Å²) >= 11 is 0. The molecule has 8 nitrogen and oxygen atoms in total. The topological polar surface area (TPSA) is 105 Å². The zero-order valence-corrected chi connectivity index (χ0v) is 16.3. The molecule has 29 heavy (non-hydrogen) atoms. The van der Waals surface area contributed by atoms with Gasteiger partial charge in [0.15, 0.2) is 0 Å². The van der Waals surface area contributed by atoms with Crippen LogP contribution in [-0.4, -0.2) is 36.9 Å². The van der Waals surface area contributed by atoms with Crippen LogP contribution in [0.1, 0.15) is 45.5 Å². The minimum atomic E-state index is -0.492. The quantitative estimate of drug-likeness (QED) is 0.577. The van der Waals surface area contributed by atoms with Gasteiger partial charge in [0.05, 0.1) is 16.2 Å². The highest BCUT2D eigenvalue weighted by Crippen LogP contribution is 2.28. The van der Waals surface area contributed by atoms with Crippen LogP contribution in [0.15, 0.2) is 42.5 Å². The number of nitrogens with zero attached hydrogens (tertiary/aromatic N) is 2. The number of hydrogen-bond acceptors (Lipinski definition) is 5. The Morgan fingerprint density at radius 2 is 1.72 bits per heavy atom. The largest absolute Gasteiger partial charge is 0.371 e. The van der Waals surface area contributed by atoms with Crippen molar-refractivity contribution in [1.29, 1.82) is 0 Å². The first-order chi connectivity index (χ1) is 14.0. The van der Waals surface area contributed by atoms with E-state index in [0.717, 1.165) is 43.6 Å². The van der Waals surface area contributed by atoms with Crippen LogP contribution in [0.5, 0.6) is 0 Å². The zero-order chi connectivity index (χ0) is 20.8. The first-order valence-electron chi connectivity index (χ1n) is 9.62. The number of nitro groups is 1. The Bertz CT molecular complexity index is 905. The monoisotopic (exact) mass is 396 g/mol. The molecule has 1 aliphatic rings. The third-order valence-corrected chi connectivity index (χ3v) is 5.03. The van der Waals surface area contributed by atoms with Crippen LogP contribution in [0.4, 0.5) is 11.4 Å². The number of rotatable bonds is 6. The van der Waals surface area contributed by atoms with Gasteiger partial charge in [0.25, 0.3) is 17.5 Å². The molecule has 8 heteroatoms. The summed E-state index contributed by atoms with van der Waals surface area (Å²) in [7, 11) is 1.56. The Hall–Kier alpha value is -3.42. The van der Waals surface area contributed by atoms with Gasteiger partial charge in [-0.3, -0.25) is 19.7 Å². The second-order valence-electron chi connectivity index (χ2n) is 6.96. The number of carbonyl (C=O) groups excluding carboxylic acids is 2. The molecule has 1 heterocycles. The average Bonchev–Trinajstić information content (AvgIpc) is 2.77. The Labute approximate surface area is 169 Å². The van der Waals surface area contributed by atoms with Crippen molar-refractivity contribution >= 4 is 23.2 Å². The fourth-order valence-corrected chi connectivity index (χ4v) is 3.43. The van der Waals surface area contributed by atoms with Crippen LogP contribution in [-0.2, 0) is 6.54 Å². The van der Waals surface area contributed by atoms with Crippen LogP contribution >= 0.6 is 0 Å². The molecule has 2 N–H and O–H groups in total. The number of non-ortho nitro benzene ring substituents is 1. The van der Waals surface area contributed by atoms with Crippen LogP contribution in [0.2, 0.25) is 0 Å². The molecule has 0 saturated carbocycles. The van der Waals surface area contributed by atoms with Gasteiger partial charge in [-0.2, -0.15) is 0 Å². The third-order valence-electron chi connectivity index (χ3n) is 5.03. The number of amides is 2. The van der Waals surface area contributed by atoms with E-state index >= 15 is 0 Å². The lowest BCUT2D eigenvalue weighted by atomic mass is 10.1. The van der Waals surface area contributed by atoms with Crippen LogP contribution < -0.4 is 15.5 Å². The van der Waals surface area contributed by atoms with Crippen molar-refractivity contribution < 1.29 is 14.5 Å². The van der Waals surface area contributed by atoms with Crippen molar-refractivity contribution in [3.05, 3.63) is 69.3 Å². The van der Waals surface area contributed by atoms with E-state index in [0.29, 0.717) is 11.1 Å². The summed E-state index contributed by atoms with van der Waals surface area (Å²) in [6.45, 7) is 1.92. The lowest BCUT2D eigenvalue weighted by molar-refractivity contribution is -0.384. The number of carbonyl (C=O) groups is 2. The molecule has 0 radical (unpaired) electrons. The minimum Gasteiger partial charge on any atom is -0.371 e. The smallest absolute Gasteiger partial charge is 0.270 e. The average molecular weight is 396 g/mol. The molecule has 0 aliphatic carbocycles. The molecule has 152 valence electrons. The normalized spacial score (nSPS) is 13.6. The zero-order valence-electron chi connectivity index (χ0n) is 16.3. The molecule has 2 aromatic carbocycles. The number of nitrogens with one attached hydrogen (secondary N) is 2. The maximum atomic E-state index is 12.9. The molecule has 0 bridgehead atoms. The molecule has 0 atom stereocenters. The summed E-state index contributed by atoms with van der Waals surface area (Å²) in [5, 5.41) is 16.6. The molecule has 0 aromatic heterocycles. The van der Waals surface area contributed by atoms with E-state index in [1.165, 1.54) is 12.1 Å². The summed E-state index contributed by atoms with van der Waals surface area (Å²) in [5.74, 6) is -0.534. The fraction of sp³-hybridized carbons (Fsp3) is 0.333. The highest BCUT2D eigenvalue weighted by Gasteiger charge is 2.21. The van der Waals surface area contributed by atoms with Crippen molar-refractivity contribution in [1.82, 2.24) is 10.6 Å². The molecular weight excluding hydrogens is 372 g/mol. The second kappa shape index (κ2) is 9.18. The Balaban J connectivity index is 1.77. The van der Waals surface area contributed by atoms with Crippen molar-refractivity contribution in [3.8, 4) is 0 Å². The standard InChI is InChI=1S/C21H24N4O4/c1-22-20(26)16-7-5-15(6-8-16)14-23-21(27)18-13-17(25(28)29)9-10-19(18)24-11-3-2-4-12-24/h5-10,13H,2-4,11-12,14H2,1H3,(H,22,26)(H,23,27). The van der Waals surface area contributed by atoms with E-state index in [2.05, 4.69) is 15.5 Å². The van der Waals surface area contributed by atoms with E-state index in [-0.39, 0.29) is 24.0 Å². The molecule has 1 saturated heterocycles. The predicted molar refractivity (Wildman–Crippen MR) is 110 cm³/mol. The summed E-state index contributed by atoms with van der Waals surface area (Å²) in [6, 6.07) is 11.4. The first kappa shape index (κ1) is 20.3. The Kier molecular flexibility index (Phi) is 6.43. The molecule has 2 aromatic rings. The maximum absolute atomic E-state index is 12.9. The number of hydrogen-bond donors (Lipinski definition) is 2. The van der Waals surface area contributed by atoms with Crippen LogP contribution in [0.3, 0.4) is 0 Å². The molecular formula is C21H24N4O4. The van der Waals surface area contributed by atoms with Crippen LogP contribution in [0.25, 0.3) is 0 Å². The van der Waals surface area contributed by atoms with E-state index in [9.17, 15) is 19.7 Å². The van der Waals surface area contributed by atoms with E-state index in [1.807, 2.05) is 0 Å². The third kappa shape index (κ3) is 4.90. The van der Waals surface area contributed by atoms with Gasteiger partial charge >= 0.3 is 0 Å². The van der Waals surface area contributed by atoms with Gasteiger partial charge < -0.3 is 15.5 Å². The van der Waals surface area contributed by atoms with Gasteiger partial charge in [-0.25, -0.2) is 0 Å². The van der Waals surface area contributed by atoms with Gasteiger partial charge in [-0.15, -0.1) is 0 Å². The number of benzene rings is 2. The SMILES string of the molecule is CNC(=O)c1ccc(CNC(=O)c2cc([N+](=O)[O-])ccc2N2CCCCC2)cc1. The second-order valence-corrected chi connectivity index (χ2v) is 6.96. The van der Waals surface area contributed by atoms with Crippen molar-refractivity contribution in [3.63, 3.8) is 0 Å². The van der Waals surface area contributed by atoms with Crippen molar-refractivity contribution in [2.45, 2.75) is 25.8 Å². The number of piperidine rings is 1. The van der Waals surface area contributed by atoms with E-state index in [4.69, 9.17) is 0 Å². The summed E-state index contributed by atoms with van der Waals surface area (Å²) < 4.78 is 0.